The Bertz CT molecular complexity index is 775. The first-order valence-corrected chi connectivity index (χ1v) is 9.45. The minimum Gasteiger partial charge on any atom is -0.486 e. The number of rotatable bonds is 3. The van der Waals surface area contributed by atoms with Crippen LogP contribution in [0.1, 0.15) is 18.4 Å². The van der Waals surface area contributed by atoms with Gasteiger partial charge >= 0.3 is 0 Å². The van der Waals surface area contributed by atoms with Crippen molar-refractivity contribution < 1.29 is 14.3 Å². The van der Waals surface area contributed by atoms with Gasteiger partial charge in [0.25, 0.3) is 0 Å². The van der Waals surface area contributed by atoms with Gasteiger partial charge in [0.05, 0.1) is 0 Å². The quantitative estimate of drug-likeness (QED) is 0.772. The second-order valence-electron chi connectivity index (χ2n) is 6.49. The summed E-state index contributed by atoms with van der Waals surface area (Å²) in [5.41, 5.74) is 2.10. The van der Waals surface area contributed by atoms with Gasteiger partial charge in [0.1, 0.15) is 13.2 Å². The van der Waals surface area contributed by atoms with Crippen LogP contribution in [0.3, 0.4) is 0 Å². The number of benzene rings is 2. The van der Waals surface area contributed by atoms with E-state index in [1.807, 2.05) is 47.4 Å². The predicted octanol–water partition coefficient (Wildman–Crippen LogP) is 4.21. The summed E-state index contributed by atoms with van der Waals surface area (Å²) >= 11 is 3.45. The molecule has 0 radical (unpaired) electrons. The zero-order valence-corrected chi connectivity index (χ0v) is 15.5. The number of hydrogen-bond acceptors (Lipinski definition) is 3. The average molecular weight is 402 g/mol. The molecule has 1 unspecified atom stereocenters. The lowest BCUT2D eigenvalue weighted by Gasteiger charge is -2.32. The lowest BCUT2D eigenvalue weighted by atomic mass is 9.90. The van der Waals surface area contributed by atoms with Crippen molar-refractivity contribution in [3.8, 4) is 11.5 Å². The molecule has 1 amide bonds. The van der Waals surface area contributed by atoms with E-state index >= 15 is 0 Å². The van der Waals surface area contributed by atoms with E-state index in [4.69, 9.17) is 9.47 Å². The van der Waals surface area contributed by atoms with Crippen LogP contribution in [0.4, 0.5) is 5.69 Å². The SMILES string of the molecule is O=C1C(Cc2ccc3c(c2)OCCO3)CCCN1c1ccc(Br)cc1. The van der Waals surface area contributed by atoms with Crippen LogP contribution in [-0.4, -0.2) is 25.7 Å². The summed E-state index contributed by atoms with van der Waals surface area (Å²) in [5.74, 6) is 1.81. The molecule has 1 saturated heterocycles. The Balaban J connectivity index is 1.50. The molecular weight excluding hydrogens is 382 g/mol. The Hall–Kier alpha value is -2.01. The lowest BCUT2D eigenvalue weighted by molar-refractivity contribution is -0.123. The second-order valence-corrected chi connectivity index (χ2v) is 7.40. The molecule has 25 heavy (non-hydrogen) atoms. The number of ether oxygens (including phenoxy) is 2. The van der Waals surface area contributed by atoms with E-state index in [1.54, 1.807) is 0 Å². The standard InChI is InChI=1S/C20H20BrNO3/c21-16-4-6-17(7-5-16)22-9-1-2-15(20(22)23)12-14-3-8-18-19(13-14)25-11-10-24-18/h3-8,13,15H,1-2,9-12H2. The van der Waals surface area contributed by atoms with E-state index in [-0.39, 0.29) is 11.8 Å². The van der Waals surface area contributed by atoms with Crippen molar-refractivity contribution in [1.82, 2.24) is 0 Å². The van der Waals surface area contributed by atoms with Crippen LogP contribution in [0.25, 0.3) is 0 Å². The Kier molecular flexibility index (Phi) is 4.66. The Morgan fingerprint density at radius 3 is 2.60 bits per heavy atom. The van der Waals surface area contributed by atoms with Crippen LogP contribution < -0.4 is 14.4 Å². The number of halogens is 1. The molecule has 2 aliphatic heterocycles. The van der Waals surface area contributed by atoms with Crippen LogP contribution in [0.5, 0.6) is 11.5 Å². The van der Waals surface area contributed by atoms with E-state index in [9.17, 15) is 4.79 Å². The number of fused-ring (bicyclic) bond motifs is 1. The highest BCUT2D eigenvalue weighted by Crippen LogP contribution is 2.33. The van der Waals surface area contributed by atoms with E-state index < -0.39 is 0 Å². The first-order valence-electron chi connectivity index (χ1n) is 8.66. The average Bonchev–Trinajstić information content (AvgIpc) is 2.64. The monoisotopic (exact) mass is 401 g/mol. The summed E-state index contributed by atoms with van der Waals surface area (Å²) in [6.07, 6.45) is 2.69. The van der Waals surface area contributed by atoms with Crippen molar-refractivity contribution in [1.29, 1.82) is 0 Å². The van der Waals surface area contributed by atoms with Gasteiger partial charge in [-0.25, -0.2) is 0 Å². The minimum absolute atomic E-state index is 0.0138. The molecule has 0 aromatic heterocycles. The van der Waals surface area contributed by atoms with Gasteiger partial charge in [-0.3, -0.25) is 4.79 Å². The normalized spacial score (nSPS) is 19.8. The summed E-state index contributed by atoms with van der Waals surface area (Å²) in [6, 6.07) is 14.0. The Labute approximate surface area is 155 Å². The van der Waals surface area contributed by atoms with Gasteiger partial charge in [-0.1, -0.05) is 22.0 Å². The second kappa shape index (κ2) is 7.08. The molecule has 1 atom stereocenters. The third kappa shape index (κ3) is 3.52. The number of amides is 1. The van der Waals surface area contributed by atoms with Crippen LogP contribution in [-0.2, 0) is 11.2 Å². The van der Waals surface area contributed by atoms with Crippen molar-refractivity contribution in [3.05, 3.63) is 52.5 Å². The summed E-state index contributed by atoms with van der Waals surface area (Å²) in [4.78, 5) is 14.9. The highest BCUT2D eigenvalue weighted by Gasteiger charge is 2.30. The van der Waals surface area contributed by atoms with Gasteiger partial charge in [0, 0.05) is 22.6 Å². The van der Waals surface area contributed by atoms with E-state index in [0.717, 1.165) is 53.0 Å². The largest absolute Gasteiger partial charge is 0.486 e. The number of hydrogen-bond donors (Lipinski definition) is 0. The fourth-order valence-electron chi connectivity index (χ4n) is 3.52. The van der Waals surface area contributed by atoms with Crippen molar-refractivity contribution >= 4 is 27.5 Å². The molecule has 2 aliphatic rings. The van der Waals surface area contributed by atoms with Gasteiger partial charge in [-0.05, 0) is 61.2 Å². The van der Waals surface area contributed by atoms with Crippen LogP contribution in [0.15, 0.2) is 46.9 Å². The van der Waals surface area contributed by atoms with Crippen LogP contribution in [0, 0.1) is 5.92 Å². The van der Waals surface area contributed by atoms with Gasteiger partial charge in [0.2, 0.25) is 5.91 Å². The molecule has 0 aliphatic carbocycles. The topological polar surface area (TPSA) is 38.8 Å². The molecule has 2 aromatic carbocycles. The molecular formula is C20H20BrNO3. The smallest absolute Gasteiger partial charge is 0.230 e. The summed E-state index contributed by atoms with van der Waals surface area (Å²) in [5, 5.41) is 0. The van der Waals surface area contributed by atoms with Gasteiger partial charge in [-0.15, -0.1) is 0 Å². The summed E-state index contributed by atoms with van der Waals surface area (Å²) < 4.78 is 12.2. The molecule has 0 bridgehead atoms. The highest BCUT2D eigenvalue weighted by atomic mass is 79.9. The molecule has 0 saturated carbocycles. The molecule has 130 valence electrons. The number of anilines is 1. The number of carbonyl (C=O) groups is 1. The lowest BCUT2D eigenvalue weighted by Crippen LogP contribution is -2.42. The Morgan fingerprint density at radius 1 is 1.04 bits per heavy atom. The maximum atomic E-state index is 13.0. The fraction of sp³-hybridized carbons (Fsp3) is 0.350. The molecule has 0 spiro atoms. The van der Waals surface area contributed by atoms with Gasteiger partial charge in [-0.2, -0.15) is 0 Å². The first kappa shape index (κ1) is 16.5. The molecule has 1 fully saturated rings. The van der Waals surface area contributed by atoms with E-state index in [2.05, 4.69) is 15.9 Å². The molecule has 2 heterocycles. The van der Waals surface area contributed by atoms with Crippen LogP contribution >= 0.6 is 15.9 Å². The molecule has 4 rings (SSSR count). The number of piperidine rings is 1. The van der Waals surface area contributed by atoms with Gasteiger partial charge < -0.3 is 14.4 Å². The number of nitrogens with zero attached hydrogens (tertiary/aromatic N) is 1. The first-order chi connectivity index (χ1) is 12.2. The third-order valence-electron chi connectivity index (χ3n) is 4.78. The summed E-state index contributed by atoms with van der Waals surface area (Å²) in [6.45, 7) is 1.96. The van der Waals surface area contributed by atoms with Crippen molar-refractivity contribution in [3.63, 3.8) is 0 Å². The zero-order valence-electron chi connectivity index (χ0n) is 13.9. The highest BCUT2D eigenvalue weighted by molar-refractivity contribution is 9.10. The summed E-state index contributed by atoms with van der Waals surface area (Å²) in [7, 11) is 0. The zero-order chi connectivity index (χ0) is 17.2. The third-order valence-corrected chi connectivity index (χ3v) is 5.31. The maximum Gasteiger partial charge on any atom is 0.230 e. The predicted molar refractivity (Wildman–Crippen MR) is 100 cm³/mol. The van der Waals surface area contributed by atoms with E-state index in [1.165, 1.54) is 0 Å². The maximum absolute atomic E-state index is 13.0. The van der Waals surface area contributed by atoms with Crippen molar-refractivity contribution in [2.45, 2.75) is 19.3 Å². The molecule has 5 heteroatoms. The van der Waals surface area contributed by atoms with E-state index in [0.29, 0.717) is 13.2 Å². The number of carbonyl (C=O) groups excluding carboxylic acids is 1. The Morgan fingerprint density at radius 2 is 1.80 bits per heavy atom. The minimum atomic E-state index is 0.0138. The van der Waals surface area contributed by atoms with Crippen molar-refractivity contribution in [2.24, 2.45) is 5.92 Å². The molecule has 2 aromatic rings. The van der Waals surface area contributed by atoms with Crippen LogP contribution in [0.2, 0.25) is 0 Å². The molecule has 0 N–H and O–H groups in total. The van der Waals surface area contributed by atoms with Gasteiger partial charge in [0.15, 0.2) is 11.5 Å². The fourth-order valence-corrected chi connectivity index (χ4v) is 3.78. The molecule has 4 nitrogen and oxygen atoms in total. The van der Waals surface area contributed by atoms with Crippen molar-refractivity contribution in [2.75, 3.05) is 24.7 Å².